The Kier molecular flexibility index (Phi) is 5.63. The summed E-state index contributed by atoms with van der Waals surface area (Å²) in [5.41, 5.74) is 1.87. The molecule has 0 saturated carbocycles. The lowest BCUT2D eigenvalue weighted by atomic mass is 10.2. The minimum atomic E-state index is -3.75. The molecule has 0 aliphatic heterocycles. The van der Waals surface area contributed by atoms with E-state index in [1.807, 2.05) is 6.07 Å². The van der Waals surface area contributed by atoms with Gasteiger partial charge in [-0.2, -0.15) is 0 Å². The maximum absolute atomic E-state index is 12.3. The van der Waals surface area contributed by atoms with Gasteiger partial charge in [-0.25, -0.2) is 21.6 Å². The van der Waals surface area contributed by atoms with Crippen LogP contribution in [0, 0.1) is 13.8 Å². The Morgan fingerprint density at radius 3 is 2.25 bits per heavy atom. The number of para-hydroxylation sites is 1. The van der Waals surface area contributed by atoms with Crippen molar-refractivity contribution in [2.45, 2.75) is 18.7 Å². The number of rotatable bonds is 7. The fourth-order valence-electron chi connectivity index (χ4n) is 2.12. The summed E-state index contributed by atoms with van der Waals surface area (Å²) in [6, 6.07) is 13.5. The van der Waals surface area contributed by atoms with Gasteiger partial charge >= 0.3 is 0 Å². The van der Waals surface area contributed by atoms with Gasteiger partial charge in [0, 0.05) is 12.2 Å². The van der Waals surface area contributed by atoms with Gasteiger partial charge in [-0.1, -0.05) is 30.3 Å². The second-order valence-corrected chi connectivity index (χ2v) is 9.03. The lowest BCUT2D eigenvalue weighted by Crippen LogP contribution is -2.31. The number of aryl methyl sites for hydroxylation is 2. The molecule has 2 aromatic carbocycles. The molecule has 130 valence electrons. The minimum absolute atomic E-state index is 0.163. The zero-order chi connectivity index (χ0) is 17.8. The third-order valence-electron chi connectivity index (χ3n) is 3.34. The third-order valence-corrected chi connectivity index (χ3v) is 6.23. The molecular formula is C16H20N2O4S2. The first-order chi connectivity index (χ1) is 11.2. The van der Waals surface area contributed by atoms with Crippen molar-refractivity contribution in [1.82, 2.24) is 4.72 Å². The molecule has 0 spiro atoms. The van der Waals surface area contributed by atoms with Gasteiger partial charge in [-0.05, 0) is 43.2 Å². The highest BCUT2D eigenvalue weighted by molar-refractivity contribution is 7.92. The molecule has 2 N–H and O–H groups in total. The van der Waals surface area contributed by atoms with Gasteiger partial charge in [0.2, 0.25) is 20.0 Å². The van der Waals surface area contributed by atoms with Crippen LogP contribution in [0.25, 0.3) is 0 Å². The summed E-state index contributed by atoms with van der Waals surface area (Å²) in [7, 11) is -7.39. The van der Waals surface area contributed by atoms with Gasteiger partial charge in [0.1, 0.15) is 0 Å². The van der Waals surface area contributed by atoms with Crippen LogP contribution in [0.2, 0.25) is 0 Å². The molecule has 0 saturated heterocycles. The molecular weight excluding hydrogens is 348 g/mol. The molecule has 0 fully saturated rings. The van der Waals surface area contributed by atoms with Gasteiger partial charge in [0.15, 0.2) is 0 Å². The van der Waals surface area contributed by atoms with Crippen LogP contribution in [0.1, 0.15) is 11.1 Å². The number of hydrogen-bond donors (Lipinski definition) is 2. The van der Waals surface area contributed by atoms with Crippen LogP contribution in [0.3, 0.4) is 0 Å². The Bertz CT molecular complexity index is 908. The molecule has 2 aromatic rings. The summed E-state index contributed by atoms with van der Waals surface area (Å²) in [4.78, 5) is 0.163. The molecule has 0 aliphatic rings. The van der Waals surface area contributed by atoms with Gasteiger partial charge < -0.3 is 0 Å². The number of anilines is 1. The Morgan fingerprint density at radius 1 is 0.917 bits per heavy atom. The average Bonchev–Trinajstić information content (AvgIpc) is 2.49. The standard InChI is InChI=1S/C16H20N2O4S2/c1-13-8-9-14(2)16(12-13)24(21,22)17-10-11-23(19,20)18-15-6-4-3-5-7-15/h3-9,12,17-18H,10-11H2,1-2H3. The smallest absolute Gasteiger partial charge is 0.240 e. The lowest BCUT2D eigenvalue weighted by Gasteiger charge is -2.11. The topological polar surface area (TPSA) is 92.3 Å². The highest BCUT2D eigenvalue weighted by Gasteiger charge is 2.18. The molecule has 0 radical (unpaired) electrons. The Morgan fingerprint density at radius 2 is 1.58 bits per heavy atom. The summed E-state index contributed by atoms with van der Waals surface area (Å²) < 4.78 is 53.4. The molecule has 0 atom stereocenters. The summed E-state index contributed by atoms with van der Waals surface area (Å²) in [6.07, 6.45) is 0. The monoisotopic (exact) mass is 368 g/mol. The van der Waals surface area contributed by atoms with Crippen LogP contribution >= 0.6 is 0 Å². The van der Waals surface area contributed by atoms with Crippen LogP contribution in [-0.4, -0.2) is 29.1 Å². The van der Waals surface area contributed by atoms with Crippen LogP contribution in [0.15, 0.2) is 53.4 Å². The molecule has 0 aliphatic carbocycles. The fraction of sp³-hybridized carbons (Fsp3) is 0.250. The third kappa shape index (κ3) is 5.05. The average molecular weight is 368 g/mol. The van der Waals surface area contributed by atoms with Crippen LogP contribution in [0.5, 0.6) is 0 Å². The van der Waals surface area contributed by atoms with Crippen molar-refractivity contribution >= 4 is 25.7 Å². The first kappa shape index (κ1) is 18.4. The highest BCUT2D eigenvalue weighted by atomic mass is 32.2. The molecule has 0 amide bonds. The molecule has 24 heavy (non-hydrogen) atoms. The van der Waals surface area contributed by atoms with E-state index in [-0.39, 0.29) is 17.2 Å². The second-order valence-electron chi connectivity index (χ2n) is 5.45. The van der Waals surface area contributed by atoms with E-state index in [1.165, 1.54) is 0 Å². The van der Waals surface area contributed by atoms with Gasteiger partial charge in [0.05, 0.1) is 10.6 Å². The highest BCUT2D eigenvalue weighted by Crippen LogP contribution is 2.16. The van der Waals surface area contributed by atoms with Crippen molar-refractivity contribution in [2.75, 3.05) is 17.0 Å². The summed E-state index contributed by atoms with van der Waals surface area (Å²) in [6.45, 7) is 3.28. The zero-order valence-corrected chi connectivity index (χ0v) is 15.1. The van der Waals surface area contributed by atoms with Gasteiger partial charge in [0.25, 0.3) is 0 Å². The van der Waals surface area contributed by atoms with Crippen molar-refractivity contribution in [3.8, 4) is 0 Å². The Hall–Kier alpha value is -1.90. The minimum Gasteiger partial charge on any atom is -0.284 e. The van der Waals surface area contributed by atoms with E-state index < -0.39 is 20.0 Å². The van der Waals surface area contributed by atoms with E-state index >= 15 is 0 Å². The van der Waals surface area contributed by atoms with E-state index in [0.29, 0.717) is 11.3 Å². The van der Waals surface area contributed by atoms with Crippen molar-refractivity contribution in [3.05, 3.63) is 59.7 Å². The van der Waals surface area contributed by atoms with E-state index in [9.17, 15) is 16.8 Å². The Balaban J connectivity index is 2.01. The van der Waals surface area contributed by atoms with Crippen LogP contribution in [-0.2, 0) is 20.0 Å². The number of sulfonamides is 2. The summed E-state index contributed by atoms with van der Waals surface area (Å²) in [5.74, 6) is -0.355. The van der Waals surface area contributed by atoms with Gasteiger partial charge in [-0.15, -0.1) is 0 Å². The summed E-state index contributed by atoms with van der Waals surface area (Å²) >= 11 is 0. The van der Waals surface area contributed by atoms with Crippen molar-refractivity contribution < 1.29 is 16.8 Å². The zero-order valence-electron chi connectivity index (χ0n) is 13.5. The first-order valence-corrected chi connectivity index (χ1v) is 10.5. The molecule has 6 nitrogen and oxygen atoms in total. The van der Waals surface area contributed by atoms with Crippen molar-refractivity contribution in [3.63, 3.8) is 0 Å². The van der Waals surface area contributed by atoms with E-state index in [4.69, 9.17) is 0 Å². The SMILES string of the molecule is Cc1ccc(C)c(S(=O)(=O)NCCS(=O)(=O)Nc2ccccc2)c1. The van der Waals surface area contributed by atoms with Crippen molar-refractivity contribution in [1.29, 1.82) is 0 Å². The second kappa shape index (κ2) is 7.33. The van der Waals surface area contributed by atoms with E-state index in [2.05, 4.69) is 9.44 Å². The Labute approximate surface area is 143 Å². The summed E-state index contributed by atoms with van der Waals surface area (Å²) in [5, 5.41) is 0. The molecule has 8 heteroatoms. The molecule has 0 heterocycles. The predicted octanol–water partition coefficient (Wildman–Crippen LogP) is 2.02. The van der Waals surface area contributed by atoms with E-state index in [1.54, 1.807) is 56.3 Å². The van der Waals surface area contributed by atoms with E-state index in [0.717, 1.165) is 5.56 Å². The largest absolute Gasteiger partial charge is 0.284 e. The van der Waals surface area contributed by atoms with Gasteiger partial charge in [-0.3, -0.25) is 4.72 Å². The molecule has 0 aromatic heterocycles. The fourth-order valence-corrected chi connectivity index (χ4v) is 4.58. The molecule has 0 unspecified atom stereocenters. The van der Waals surface area contributed by atoms with Crippen LogP contribution < -0.4 is 9.44 Å². The van der Waals surface area contributed by atoms with Crippen LogP contribution in [0.4, 0.5) is 5.69 Å². The lowest BCUT2D eigenvalue weighted by molar-refractivity contribution is 0.581. The van der Waals surface area contributed by atoms with Crippen molar-refractivity contribution in [2.24, 2.45) is 0 Å². The molecule has 0 bridgehead atoms. The number of hydrogen-bond acceptors (Lipinski definition) is 4. The maximum Gasteiger partial charge on any atom is 0.240 e. The normalized spacial score (nSPS) is 12.1. The first-order valence-electron chi connectivity index (χ1n) is 7.32. The predicted molar refractivity (Wildman–Crippen MR) is 95.0 cm³/mol. The number of benzene rings is 2. The molecule has 2 rings (SSSR count). The maximum atomic E-state index is 12.3. The number of nitrogens with one attached hydrogen (secondary N) is 2. The quantitative estimate of drug-likeness (QED) is 0.782.